The molecule has 0 aromatic rings. The van der Waals surface area contributed by atoms with E-state index in [1.54, 1.807) is 0 Å². The quantitative estimate of drug-likeness (QED) is 0.173. The lowest BCUT2D eigenvalue weighted by Crippen LogP contribution is -2.61. The highest BCUT2D eigenvalue weighted by Crippen LogP contribution is 2.67. The molecule has 8 atom stereocenters. The predicted molar refractivity (Wildman–Crippen MR) is 176 cm³/mol. The van der Waals surface area contributed by atoms with Crippen LogP contribution in [0.5, 0.6) is 0 Å². The molecule has 4 aliphatic rings. The highest BCUT2D eigenvalue weighted by atomic mass is 16.2. The van der Waals surface area contributed by atoms with Crippen LogP contribution in [-0.4, -0.2) is 36.3 Å². The van der Waals surface area contributed by atoms with E-state index in [0.717, 1.165) is 49.5 Å². The van der Waals surface area contributed by atoms with Crippen LogP contribution in [0, 0.1) is 40.4 Å². The van der Waals surface area contributed by atoms with Crippen molar-refractivity contribution in [3.05, 3.63) is 0 Å². The fourth-order valence-corrected chi connectivity index (χ4v) is 10.9. The average Bonchev–Trinajstić information content (AvgIpc) is 3.33. The van der Waals surface area contributed by atoms with E-state index in [1.165, 1.54) is 116 Å². The van der Waals surface area contributed by atoms with Gasteiger partial charge in [-0.25, -0.2) is 0 Å². The van der Waals surface area contributed by atoms with Gasteiger partial charge in [0.1, 0.15) is 0 Å². The minimum atomic E-state index is 0.274. The maximum absolute atomic E-state index is 12.7. The fraction of sp³-hybridized carbons (Fsp3) is 0.947. The number of fused-ring (bicyclic) bond motifs is 5. The van der Waals surface area contributed by atoms with Gasteiger partial charge in [-0.2, -0.15) is 0 Å². The first-order valence-corrected chi connectivity index (χ1v) is 18.7. The summed E-state index contributed by atoms with van der Waals surface area (Å²) in [7, 11) is 2.07. The lowest BCUT2D eigenvalue weighted by Gasteiger charge is -2.62. The number of piperidine rings is 1. The standard InChI is InChI=1S/C38H68N2O2/c1-6-7-8-9-10-11-12-13-14-15-16-17-18-19-35(41)39-28-29(2)31-21-22-32-30-20-23-34-38(4,27-25-36(42)40(34)5)33(30)24-26-37(31,32)3/h29-34H,6-28H2,1-5H3,(H,39,41)/t29?,30-,31+,32-,33-,34?,37+,38+/m0/s1. The number of rotatable bonds is 17. The van der Waals surface area contributed by atoms with Crippen molar-refractivity contribution in [2.45, 2.75) is 175 Å². The number of nitrogens with zero attached hydrogens (tertiary/aromatic N) is 1. The minimum absolute atomic E-state index is 0.274. The number of nitrogens with one attached hydrogen (secondary N) is 1. The lowest BCUT2D eigenvalue weighted by molar-refractivity contribution is -0.158. The van der Waals surface area contributed by atoms with Gasteiger partial charge in [0.15, 0.2) is 0 Å². The van der Waals surface area contributed by atoms with E-state index < -0.39 is 0 Å². The molecule has 1 aliphatic heterocycles. The van der Waals surface area contributed by atoms with Crippen LogP contribution >= 0.6 is 0 Å². The summed E-state index contributed by atoms with van der Waals surface area (Å²) in [5.41, 5.74) is 0.720. The van der Waals surface area contributed by atoms with Gasteiger partial charge in [0.05, 0.1) is 0 Å². The highest BCUT2D eigenvalue weighted by Gasteiger charge is 2.61. The van der Waals surface area contributed by atoms with Crippen molar-refractivity contribution in [1.29, 1.82) is 0 Å². The van der Waals surface area contributed by atoms with E-state index >= 15 is 0 Å². The van der Waals surface area contributed by atoms with Crippen molar-refractivity contribution in [3.8, 4) is 0 Å². The first-order valence-electron chi connectivity index (χ1n) is 18.7. The van der Waals surface area contributed by atoms with E-state index in [2.05, 4.69) is 45.0 Å². The maximum atomic E-state index is 12.7. The molecule has 0 aromatic carbocycles. The summed E-state index contributed by atoms with van der Waals surface area (Å²) < 4.78 is 0. The van der Waals surface area contributed by atoms with E-state index in [0.29, 0.717) is 35.1 Å². The van der Waals surface area contributed by atoms with Crippen LogP contribution < -0.4 is 5.32 Å². The van der Waals surface area contributed by atoms with Crippen LogP contribution in [-0.2, 0) is 9.59 Å². The second-order valence-corrected chi connectivity index (χ2v) is 16.0. The van der Waals surface area contributed by atoms with Crippen molar-refractivity contribution in [2.24, 2.45) is 40.4 Å². The van der Waals surface area contributed by atoms with Crippen molar-refractivity contribution in [3.63, 3.8) is 0 Å². The van der Waals surface area contributed by atoms with Gasteiger partial charge in [-0.05, 0) is 91.8 Å². The third-order valence-corrected chi connectivity index (χ3v) is 13.4. The van der Waals surface area contributed by atoms with Crippen molar-refractivity contribution < 1.29 is 9.59 Å². The van der Waals surface area contributed by atoms with E-state index in [-0.39, 0.29) is 5.91 Å². The van der Waals surface area contributed by atoms with Gasteiger partial charge in [-0.1, -0.05) is 105 Å². The average molecular weight is 585 g/mol. The molecule has 242 valence electrons. The third kappa shape index (κ3) is 7.77. The van der Waals surface area contributed by atoms with Crippen LogP contribution in [0.4, 0.5) is 0 Å². The van der Waals surface area contributed by atoms with Gasteiger partial charge in [0, 0.05) is 32.5 Å². The van der Waals surface area contributed by atoms with Crippen LogP contribution in [0.15, 0.2) is 0 Å². The molecule has 0 spiro atoms. The largest absolute Gasteiger partial charge is 0.356 e. The number of amides is 2. The summed E-state index contributed by atoms with van der Waals surface area (Å²) >= 11 is 0. The second-order valence-electron chi connectivity index (χ2n) is 16.0. The SMILES string of the molecule is CCCCCCCCCCCCCCCC(=O)NCC(C)[C@H]1CC[C@H]2[C@@H]3CCC4N(C)C(=O)CC[C@]4(C)[C@H]3CC[C@]12C. The zero-order valence-corrected chi connectivity index (χ0v) is 28.5. The molecule has 4 nitrogen and oxygen atoms in total. The summed E-state index contributed by atoms with van der Waals surface area (Å²) in [5.74, 6) is 4.34. The molecule has 4 rings (SSSR count). The predicted octanol–water partition coefficient (Wildman–Crippen LogP) is 9.70. The Balaban J connectivity index is 1.11. The Morgan fingerprint density at radius 3 is 2.05 bits per heavy atom. The van der Waals surface area contributed by atoms with Crippen molar-refractivity contribution in [1.82, 2.24) is 10.2 Å². The number of carbonyl (C=O) groups is 2. The van der Waals surface area contributed by atoms with Gasteiger partial charge in [0.25, 0.3) is 0 Å². The van der Waals surface area contributed by atoms with Crippen LogP contribution in [0.1, 0.15) is 169 Å². The van der Waals surface area contributed by atoms with Crippen LogP contribution in [0.25, 0.3) is 0 Å². The summed E-state index contributed by atoms with van der Waals surface area (Å²) in [4.78, 5) is 27.3. The normalized spacial score (nSPS) is 34.9. The zero-order valence-electron chi connectivity index (χ0n) is 28.5. The molecule has 0 aromatic heterocycles. The molecule has 4 heteroatoms. The van der Waals surface area contributed by atoms with E-state index in [1.807, 2.05) is 0 Å². The Kier molecular flexibility index (Phi) is 12.7. The monoisotopic (exact) mass is 585 g/mol. The Labute approximate surface area is 260 Å². The second kappa shape index (κ2) is 15.8. The van der Waals surface area contributed by atoms with Gasteiger partial charge in [-0.15, -0.1) is 0 Å². The molecule has 42 heavy (non-hydrogen) atoms. The number of hydrogen-bond donors (Lipinski definition) is 1. The van der Waals surface area contributed by atoms with E-state index in [4.69, 9.17) is 0 Å². The molecule has 1 N–H and O–H groups in total. The number of carbonyl (C=O) groups excluding carboxylic acids is 2. The minimum Gasteiger partial charge on any atom is -0.356 e. The van der Waals surface area contributed by atoms with Crippen molar-refractivity contribution >= 4 is 11.8 Å². The third-order valence-electron chi connectivity index (χ3n) is 13.4. The number of unbranched alkanes of at least 4 members (excludes halogenated alkanes) is 12. The van der Waals surface area contributed by atoms with E-state index in [9.17, 15) is 9.59 Å². The fourth-order valence-electron chi connectivity index (χ4n) is 10.9. The first kappa shape index (κ1) is 33.8. The molecule has 1 heterocycles. The van der Waals surface area contributed by atoms with Crippen LogP contribution in [0.2, 0.25) is 0 Å². The molecule has 0 radical (unpaired) electrons. The topological polar surface area (TPSA) is 49.4 Å². The van der Waals surface area contributed by atoms with Gasteiger partial charge in [-0.3, -0.25) is 9.59 Å². The molecule has 4 fully saturated rings. The summed E-state index contributed by atoms with van der Waals surface area (Å²) in [6.07, 6.45) is 27.9. The molecule has 0 bridgehead atoms. The van der Waals surface area contributed by atoms with Crippen LogP contribution in [0.3, 0.4) is 0 Å². The Morgan fingerprint density at radius 1 is 0.810 bits per heavy atom. The molecule has 3 aliphatic carbocycles. The lowest BCUT2D eigenvalue weighted by atomic mass is 9.46. The summed E-state index contributed by atoms with van der Waals surface area (Å²) in [5, 5.41) is 3.35. The molecular formula is C38H68N2O2. The summed E-state index contributed by atoms with van der Waals surface area (Å²) in [6, 6.07) is 0.450. The smallest absolute Gasteiger partial charge is 0.222 e. The number of likely N-dealkylation sites (tertiary alicyclic amines) is 1. The molecule has 2 amide bonds. The first-order chi connectivity index (χ1) is 20.2. The Hall–Kier alpha value is -1.06. The van der Waals surface area contributed by atoms with Gasteiger partial charge < -0.3 is 10.2 Å². The molecular weight excluding hydrogens is 516 g/mol. The Morgan fingerprint density at radius 2 is 1.40 bits per heavy atom. The molecule has 2 unspecified atom stereocenters. The number of hydrogen-bond acceptors (Lipinski definition) is 2. The maximum Gasteiger partial charge on any atom is 0.222 e. The highest BCUT2D eigenvalue weighted by molar-refractivity contribution is 5.77. The van der Waals surface area contributed by atoms with Gasteiger partial charge >= 0.3 is 0 Å². The Bertz CT molecular complexity index is 858. The van der Waals surface area contributed by atoms with Gasteiger partial charge in [0.2, 0.25) is 11.8 Å². The summed E-state index contributed by atoms with van der Waals surface area (Å²) in [6.45, 7) is 10.7. The molecule has 1 saturated heterocycles. The van der Waals surface area contributed by atoms with Crippen molar-refractivity contribution in [2.75, 3.05) is 13.6 Å². The zero-order chi connectivity index (χ0) is 30.2. The molecule has 3 saturated carbocycles.